The molecule has 0 aromatic carbocycles. The van der Waals surface area contributed by atoms with Gasteiger partial charge >= 0.3 is 12.0 Å². The van der Waals surface area contributed by atoms with Crippen molar-refractivity contribution < 1.29 is 19.8 Å². The van der Waals surface area contributed by atoms with Gasteiger partial charge in [-0.05, 0) is 0 Å². The zero-order valence-corrected chi connectivity index (χ0v) is 7.23. The number of urea groups is 1. The summed E-state index contributed by atoms with van der Waals surface area (Å²) in [6.07, 6.45) is -0.638. The number of carbonyl (C=O) groups is 2. The van der Waals surface area contributed by atoms with E-state index in [1.807, 2.05) is 0 Å². The molecule has 2 atom stereocenters. The SMILES string of the molecule is CNC(=O)N1C[C@@H](O)C[C@H]1C(=O)O. The Bertz CT molecular complexity index is 231. The number of aliphatic carboxylic acids is 1. The average Bonchev–Trinajstić information content (AvgIpc) is 2.46. The minimum atomic E-state index is -1.08. The number of nitrogens with one attached hydrogen (secondary N) is 1. The van der Waals surface area contributed by atoms with Crippen LogP contribution in [0.2, 0.25) is 0 Å². The predicted molar refractivity (Wildman–Crippen MR) is 43.2 cm³/mol. The van der Waals surface area contributed by atoms with E-state index in [1.165, 1.54) is 7.05 Å². The summed E-state index contributed by atoms with van der Waals surface area (Å²) in [6.45, 7) is 0.0800. The summed E-state index contributed by atoms with van der Waals surface area (Å²) in [5.74, 6) is -1.08. The fraction of sp³-hybridized carbons (Fsp3) is 0.714. The number of carboxylic acids is 1. The third kappa shape index (κ3) is 1.89. The maximum absolute atomic E-state index is 11.1. The minimum Gasteiger partial charge on any atom is -0.480 e. The minimum absolute atomic E-state index is 0.0800. The number of β-amino-alcohol motifs (C(OH)–C–C–N with tert-alkyl or cyclic N) is 1. The largest absolute Gasteiger partial charge is 0.480 e. The summed E-state index contributed by atoms with van der Waals surface area (Å²) < 4.78 is 0. The number of aliphatic hydroxyl groups excluding tert-OH is 1. The van der Waals surface area contributed by atoms with Crippen LogP contribution < -0.4 is 5.32 Å². The lowest BCUT2D eigenvalue weighted by Crippen LogP contribution is -2.44. The molecule has 1 aliphatic heterocycles. The highest BCUT2D eigenvalue weighted by molar-refractivity contribution is 5.83. The summed E-state index contributed by atoms with van der Waals surface area (Å²) >= 11 is 0. The Balaban J connectivity index is 2.71. The molecule has 0 saturated carbocycles. The number of carbonyl (C=O) groups excluding carboxylic acids is 1. The van der Waals surface area contributed by atoms with Crippen LogP contribution in [-0.2, 0) is 4.79 Å². The molecule has 1 saturated heterocycles. The topological polar surface area (TPSA) is 89.9 Å². The first-order valence-electron chi connectivity index (χ1n) is 3.95. The highest BCUT2D eigenvalue weighted by Gasteiger charge is 2.38. The van der Waals surface area contributed by atoms with Gasteiger partial charge in [-0.25, -0.2) is 9.59 Å². The van der Waals surface area contributed by atoms with E-state index in [2.05, 4.69) is 5.32 Å². The Hall–Kier alpha value is -1.30. The smallest absolute Gasteiger partial charge is 0.326 e. The first-order chi connectivity index (χ1) is 6.06. The molecule has 3 N–H and O–H groups in total. The van der Waals surface area contributed by atoms with Gasteiger partial charge in [0.2, 0.25) is 0 Å². The van der Waals surface area contributed by atoms with Gasteiger partial charge in [-0.1, -0.05) is 0 Å². The number of aliphatic hydroxyl groups is 1. The lowest BCUT2D eigenvalue weighted by molar-refractivity contribution is -0.141. The summed E-state index contributed by atoms with van der Waals surface area (Å²) in [6, 6.07) is -1.38. The van der Waals surface area contributed by atoms with E-state index in [-0.39, 0.29) is 13.0 Å². The Morgan fingerprint density at radius 2 is 2.15 bits per heavy atom. The van der Waals surface area contributed by atoms with E-state index in [0.29, 0.717) is 0 Å². The summed E-state index contributed by atoms with van der Waals surface area (Å²) in [7, 11) is 1.42. The molecule has 1 rings (SSSR count). The number of likely N-dealkylation sites (tertiary alicyclic amines) is 1. The Morgan fingerprint density at radius 1 is 1.54 bits per heavy atom. The van der Waals surface area contributed by atoms with Crippen molar-refractivity contribution in [1.82, 2.24) is 10.2 Å². The molecule has 6 heteroatoms. The van der Waals surface area contributed by atoms with Crippen LogP contribution in [0.3, 0.4) is 0 Å². The number of nitrogens with zero attached hydrogens (tertiary/aromatic N) is 1. The molecule has 13 heavy (non-hydrogen) atoms. The quantitative estimate of drug-likeness (QED) is 0.484. The van der Waals surface area contributed by atoms with Crippen molar-refractivity contribution in [2.24, 2.45) is 0 Å². The summed E-state index contributed by atoms with van der Waals surface area (Å²) in [4.78, 5) is 22.9. The van der Waals surface area contributed by atoms with Crippen molar-refractivity contribution in [3.05, 3.63) is 0 Å². The van der Waals surface area contributed by atoms with Gasteiger partial charge < -0.3 is 20.4 Å². The summed E-state index contributed by atoms with van der Waals surface area (Å²) in [5, 5.41) is 20.2. The number of carboxylic acid groups (broad SMARTS) is 1. The van der Waals surface area contributed by atoms with Gasteiger partial charge in [0.05, 0.1) is 6.10 Å². The van der Waals surface area contributed by atoms with Gasteiger partial charge in [0.1, 0.15) is 6.04 Å². The molecule has 0 aliphatic carbocycles. The van der Waals surface area contributed by atoms with Gasteiger partial charge in [-0.3, -0.25) is 0 Å². The molecule has 1 heterocycles. The van der Waals surface area contributed by atoms with E-state index < -0.39 is 24.1 Å². The normalized spacial score (nSPS) is 27.4. The Labute approximate surface area is 75.1 Å². The van der Waals surface area contributed by atoms with Crippen LogP contribution in [0, 0.1) is 0 Å². The third-order valence-electron chi connectivity index (χ3n) is 2.04. The second-order valence-corrected chi connectivity index (χ2v) is 2.95. The highest BCUT2D eigenvalue weighted by Crippen LogP contribution is 2.17. The third-order valence-corrected chi connectivity index (χ3v) is 2.04. The number of hydrogen-bond acceptors (Lipinski definition) is 3. The van der Waals surface area contributed by atoms with Crippen molar-refractivity contribution in [3.8, 4) is 0 Å². The lowest BCUT2D eigenvalue weighted by atomic mass is 10.2. The standard InChI is InChI=1S/C7H12N2O4/c1-8-7(13)9-3-4(10)2-5(9)6(11)12/h4-5,10H,2-3H2,1H3,(H,8,13)(H,11,12)/t4-,5-/m0/s1. The predicted octanol–water partition coefficient (Wildman–Crippen LogP) is -1.15. The number of amides is 2. The molecule has 74 valence electrons. The molecule has 0 aromatic rings. The fourth-order valence-electron chi connectivity index (χ4n) is 1.42. The molecule has 2 amide bonds. The van der Waals surface area contributed by atoms with Crippen LogP contribution in [-0.4, -0.2) is 52.9 Å². The van der Waals surface area contributed by atoms with Crippen LogP contribution in [0.15, 0.2) is 0 Å². The molecule has 1 aliphatic rings. The van der Waals surface area contributed by atoms with Crippen LogP contribution in [0.25, 0.3) is 0 Å². The molecule has 0 bridgehead atoms. The van der Waals surface area contributed by atoms with E-state index in [4.69, 9.17) is 5.11 Å². The second kappa shape index (κ2) is 3.61. The zero-order valence-electron chi connectivity index (χ0n) is 7.23. The van der Waals surface area contributed by atoms with Gasteiger partial charge in [0, 0.05) is 20.0 Å². The molecular weight excluding hydrogens is 176 g/mol. The van der Waals surface area contributed by atoms with Crippen molar-refractivity contribution in [2.75, 3.05) is 13.6 Å². The molecule has 0 unspecified atom stereocenters. The molecule has 0 aromatic heterocycles. The molecule has 0 radical (unpaired) electrons. The molecule has 6 nitrogen and oxygen atoms in total. The van der Waals surface area contributed by atoms with E-state index in [9.17, 15) is 14.7 Å². The highest BCUT2D eigenvalue weighted by atomic mass is 16.4. The fourth-order valence-corrected chi connectivity index (χ4v) is 1.42. The van der Waals surface area contributed by atoms with Crippen molar-refractivity contribution >= 4 is 12.0 Å². The van der Waals surface area contributed by atoms with E-state index >= 15 is 0 Å². The van der Waals surface area contributed by atoms with E-state index in [1.54, 1.807) is 0 Å². The lowest BCUT2D eigenvalue weighted by Gasteiger charge is -2.19. The van der Waals surface area contributed by atoms with Crippen molar-refractivity contribution in [3.63, 3.8) is 0 Å². The van der Waals surface area contributed by atoms with Crippen LogP contribution in [0.5, 0.6) is 0 Å². The van der Waals surface area contributed by atoms with Crippen LogP contribution in [0.4, 0.5) is 4.79 Å². The Morgan fingerprint density at radius 3 is 2.62 bits per heavy atom. The van der Waals surface area contributed by atoms with Crippen molar-refractivity contribution in [2.45, 2.75) is 18.6 Å². The average molecular weight is 188 g/mol. The first kappa shape index (κ1) is 9.79. The molecule has 1 fully saturated rings. The Kier molecular flexibility index (Phi) is 2.72. The van der Waals surface area contributed by atoms with Crippen LogP contribution in [0.1, 0.15) is 6.42 Å². The maximum Gasteiger partial charge on any atom is 0.326 e. The number of hydrogen-bond donors (Lipinski definition) is 3. The van der Waals surface area contributed by atoms with Gasteiger partial charge in [0.15, 0.2) is 0 Å². The van der Waals surface area contributed by atoms with Gasteiger partial charge in [-0.2, -0.15) is 0 Å². The zero-order chi connectivity index (χ0) is 10.0. The van der Waals surface area contributed by atoms with E-state index in [0.717, 1.165) is 4.90 Å². The second-order valence-electron chi connectivity index (χ2n) is 2.95. The summed E-state index contributed by atoms with van der Waals surface area (Å²) in [5.41, 5.74) is 0. The van der Waals surface area contributed by atoms with Gasteiger partial charge in [-0.15, -0.1) is 0 Å². The van der Waals surface area contributed by atoms with Crippen molar-refractivity contribution in [1.29, 1.82) is 0 Å². The maximum atomic E-state index is 11.1. The molecular formula is C7H12N2O4. The molecule has 0 spiro atoms. The first-order valence-corrected chi connectivity index (χ1v) is 3.95. The van der Waals surface area contributed by atoms with Crippen LogP contribution >= 0.6 is 0 Å². The van der Waals surface area contributed by atoms with Gasteiger partial charge in [0.25, 0.3) is 0 Å². The number of rotatable bonds is 1. The monoisotopic (exact) mass is 188 g/mol.